The predicted octanol–water partition coefficient (Wildman–Crippen LogP) is 0.348. The van der Waals surface area contributed by atoms with Crippen molar-refractivity contribution in [1.82, 2.24) is 14.9 Å². The number of aliphatic hydroxyl groups excluding tert-OH is 1. The Hall–Kier alpha value is -1.07. The van der Waals surface area contributed by atoms with E-state index in [1.807, 2.05) is 32.2 Å². The van der Waals surface area contributed by atoms with Gasteiger partial charge >= 0.3 is 0 Å². The molecule has 0 radical (unpaired) electrons. The van der Waals surface area contributed by atoms with Crippen LogP contribution < -0.4 is 10.2 Å². The Morgan fingerprint density at radius 2 is 2.19 bits per heavy atom. The molecule has 0 aliphatic rings. The molecule has 0 bridgehead atoms. The highest BCUT2D eigenvalue weighted by Gasteiger charge is 2.06. The van der Waals surface area contributed by atoms with Crippen LogP contribution in [0, 0.1) is 0 Å². The lowest BCUT2D eigenvalue weighted by molar-refractivity contribution is 0.283. The van der Waals surface area contributed by atoms with Crippen molar-refractivity contribution in [2.24, 2.45) is 7.05 Å². The van der Waals surface area contributed by atoms with Crippen molar-refractivity contribution in [1.29, 1.82) is 0 Å². The molecule has 1 rings (SSSR count). The van der Waals surface area contributed by atoms with Crippen molar-refractivity contribution < 1.29 is 5.11 Å². The summed E-state index contributed by atoms with van der Waals surface area (Å²) in [5, 5.41) is 12.0. The Morgan fingerprint density at radius 1 is 1.44 bits per heavy atom. The lowest BCUT2D eigenvalue weighted by Crippen LogP contribution is -2.19. The summed E-state index contributed by atoms with van der Waals surface area (Å²) in [6, 6.07) is 0. The zero-order valence-electron chi connectivity index (χ0n) is 10.4. The van der Waals surface area contributed by atoms with Gasteiger partial charge in [0, 0.05) is 34.3 Å². The molecular weight excluding hydrogens is 204 g/mol. The van der Waals surface area contributed by atoms with Gasteiger partial charge in [-0.3, -0.25) is 0 Å². The van der Waals surface area contributed by atoms with Crippen LogP contribution in [0.2, 0.25) is 0 Å². The average molecular weight is 226 g/mol. The van der Waals surface area contributed by atoms with Gasteiger partial charge in [-0.2, -0.15) is 0 Å². The van der Waals surface area contributed by atoms with Crippen LogP contribution in [0.15, 0.2) is 6.20 Å². The Labute approximate surface area is 97.1 Å². The van der Waals surface area contributed by atoms with Crippen molar-refractivity contribution in [3.05, 3.63) is 11.9 Å². The SMILES string of the molecule is CN(C)c1ncc(CNCCCCO)n1C. The van der Waals surface area contributed by atoms with E-state index >= 15 is 0 Å². The fourth-order valence-electron chi connectivity index (χ4n) is 1.59. The third kappa shape index (κ3) is 3.50. The third-order valence-electron chi connectivity index (χ3n) is 2.53. The zero-order chi connectivity index (χ0) is 12.0. The number of hydrogen-bond acceptors (Lipinski definition) is 4. The number of anilines is 1. The molecule has 1 aromatic heterocycles. The van der Waals surface area contributed by atoms with Gasteiger partial charge in [-0.05, 0) is 19.4 Å². The van der Waals surface area contributed by atoms with Crippen LogP contribution in [0.1, 0.15) is 18.5 Å². The number of imidazole rings is 1. The van der Waals surface area contributed by atoms with Crippen LogP contribution in [-0.4, -0.2) is 41.9 Å². The van der Waals surface area contributed by atoms with Crippen LogP contribution in [0.5, 0.6) is 0 Å². The molecule has 0 aliphatic heterocycles. The second-order valence-electron chi connectivity index (χ2n) is 4.11. The molecular formula is C11H22N4O. The van der Waals surface area contributed by atoms with Crippen LogP contribution >= 0.6 is 0 Å². The first-order chi connectivity index (χ1) is 7.66. The second-order valence-corrected chi connectivity index (χ2v) is 4.11. The second kappa shape index (κ2) is 6.50. The molecule has 2 N–H and O–H groups in total. The van der Waals surface area contributed by atoms with E-state index in [1.54, 1.807) is 0 Å². The molecule has 0 saturated carbocycles. The van der Waals surface area contributed by atoms with Crippen LogP contribution in [0.25, 0.3) is 0 Å². The molecule has 16 heavy (non-hydrogen) atoms. The predicted molar refractivity (Wildman–Crippen MR) is 65.6 cm³/mol. The standard InChI is InChI=1S/C11H22N4O/c1-14(2)11-13-9-10(15(11)3)8-12-6-4-5-7-16/h9,12,16H,4-8H2,1-3H3. The highest BCUT2D eigenvalue weighted by Crippen LogP contribution is 2.10. The molecule has 0 aromatic carbocycles. The normalized spacial score (nSPS) is 10.8. The molecule has 1 aromatic rings. The summed E-state index contributed by atoms with van der Waals surface area (Å²) in [5.74, 6) is 0.965. The summed E-state index contributed by atoms with van der Waals surface area (Å²) in [5.41, 5.74) is 1.17. The number of nitrogens with one attached hydrogen (secondary N) is 1. The van der Waals surface area contributed by atoms with Crippen molar-refractivity contribution >= 4 is 5.95 Å². The maximum Gasteiger partial charge on any atom is 0.204 e. The first-order valence-electron chi connectivity index (χ1n) is 5.66. The number of aliphatic hydroxyl groups is 1. The van der Waals surface area contributed by atoms with Gasteiger partial charge in [0.15, 0.2) is 0 Å². The number of hydrogen-bond donors (Lipinski definition) is 2. The summed E-state index contributed by atoms with van der Waals surface area (Å²) >= 11 is 0. The molecule has 5 nitrogen and oxygen atoms in total. The van der Waals surface area contributed by atoms with E-state index < -0.39 is 0 Å². The summed E-state index contributed by atoms with van der Waals surface area (Å²) in [6.45, 7) is 2.03. The molecule has 0 aliphatic carbocycles. The van der Waals surface area contributed by atoms with Gasteiger partial charge in [0.1, 0.15) is 0 Å². The Kier molecular flexibility index (Phi) is 5.28. The average Bonchev–Trinajstić information content (AvgIpc) is 2.60. The van der Waals surface area contributed by atoms with Crippen molar-refractivity contribution in [3.63, 3.8) is 0 Å². The largest absolute Gasteiger partial charge is 0.396 e. The van der Waals surface area contributed by atoms with E-state index in [9.17, 15) is 0 Å². The monoisotopic (exact) mass is 226 g/mol. The third-order valence-corrected chi connectivity index (χ3v) is 2.53. The molecule has 0 saturated heterocycles. The van der Waals surface area contributed by atoms with Crippen molar-refractivity contribution in [2.75, 3.05) is 32.1 Å². The molecule has 5 heteroatoms. The molecule has 0 atom stereocenters. The minimum atomic E-state index is 0.276. The van der Waals surface area contributed by atoms with Gasteiger partial charge in [-0.1, -0.05) is 0 Å². The zero-order valence-corrected chi connectivity index (χ0v) is 10.4. The number of aromatic nitrogens is 2. The lowest BCUT2D eigenvalue weighted by atomic mass is 10.3. The summed E-state index contributed by atoms with van der Waals surface area (Å²) in [4.78, 5) is 6.33. The number of unbranched alkanes of at least 4 members (excludes halogenated alkanes) is 1. The quantitative estimate of drug-likeness (QED) is 0.659. The van der Waals surface area contributed by atoms with E-state index in [-0.39, 0.29) is 6.61 Å². The molecule has 92 valence electrons. The Balaban J connectivity index is 2.37. The van der Waals surface area contributed by atoms with Gasteiger partial charge in [-0.25, -0.2) is 4.98 Å². The Bertz CT molecular complexity index is 309. The van der Waals surface area contributed by atoms with Crippen LogP contribution in [0.4, 0.5) is 5.95 Å². The first kappa shape index (κ1) is 13.0. The number of nitrogens with zero attached hydrogens (tertiary/aromatic N) is 3. The molecule has 0 unspecified atom stereocenters. The van der Waals surface area contributed by atoms with E-state index in [1.165, 1.54) is 5.69 Å². The van der Waals surface area contributed by atoms with E-state index in [0.29, 0.717) is 0 Å². The van der Waals surface area contributed by atoms with Gasteiger partial charge in [0.25, 0.3) is 0 Å². The fourth-order valence-corrected chi connectivity index (χ4v) is 1.59. The number of rotatable bonds is 7. The maximum absolute atomic E-state index is 8.64. The van der Waals surface area contributed by atoms with Gasteiger partial charge < -0.3 is 19.9 Å². The smallest absolute Gasteiger partial charge is 0.204 e. The lowest BCUT2D eigenvalue weighted by Gasteiger charge is -2.12. The summed E-state index contributed by atoms with van der Waals surface area (Å²) in [6.07, 6.45) is 3.77. The Morgan fingerprint density at radius 3 is 2.75 bits per heavy atom. The topological polar surface area (TPSA) is 53.3 Å². The maximum atomic E-state index is 8.64. The van der Waals surface area contributed by atoms with Gasteiger partial charge in [-0.15, -0.1) is 0 Å². The van der Waals surface area contributed by atoms with Crippen molar-refractivity contribution in [2.45, 2.75) is 19.4 Å². The minimum Gasteiger partial charge on any atom is -0.396 e. The van der Waals surface area contributed by atoms with E-state index in [4.69, 9.17) is 5.11 Å². The minimum absolute atomic E-state index is 0.276. The highest BCUT2D eigenvalue weighted by molar-refractivity contribution is 5.30. The van der Waals surface area contributed by atoms with Gasteiger partial charge in [0.2, 0.25) is 5.95 Å². The molecule has 0 spiro atoms. The highest BCUT2D eigenvalue weighted by atomic mass is 16.2. The van der Waals surface area contributed by atoms with Crippen molar-refractivity contribution in [3.8, 4) is 0 Å². The summed E-state index contributed by atoms with van der Waals surface area (Å²) in [7, 11) is 5.99. The fraction of sp³-hybridized carbons (Fsp3) is 0.727. The summed E-state index contributed by atoms with van der Waals surface area (Å²) < 4.78 is 2.08. The first-order valence-corrected chi connectivity index (χ1v) is 5.66. The van der Waals surface area contributed by atoms with Crippen LogP contribution in [0.3, 0.4) is 0 Å². The molecule has 0 amide bonds. The molecule has 1 heterocycles. The van der Waals surface area contributed by atoms with E-state index in [0.717, 1.165) is 31.9 Å². The van der Waals surface area contributed by atoms with E-state index in [2.05, 4.69) is 14.9 Å². The van der Waals surface area contributed by atoms with Gasteiger partial charge in [0.05, 0.1) is 11.9 Å². The molecule has 0 fully saturated rings. The van der Waals surface area contributed by atoms with Crippen LogP contribution in [-0.2, 0) is 13.6 Å².